The van der Waals surface area contributed by atoms with Crippen LogP contribution in [0.4, 0.5) is 0 Å². The lowest BCUT2D eigenvalue weighted by molar-refractivity contribution is -0.143. The number of amides is 1. The third-order valence-electron chi connectivity index (χ3n) is 14.9. The Morgan fingerprint density at radius 3 is 0.897 bits per heavy atom. The van der Waals surface area contributed by atoms with Gasteiger partial charge < -0.3 is 20.3 Å². The average Bonchev–Trinajstić information content (AvgIpc) is 3.34. The monoisotopic (exact) mass is 962 g/mol. The van der Waals surface area contributed by atoms with Crippen molar-refractivity contribution in [3.63, 3.8) is 0 Å². The number of nitrogens with one attached hydrogen (secondary N) is 1. The summed E-state index contributed by atoms with van der Waals surface area (Å²) < 4.78 is 5.49. The van der Waals surface area contributed by atoms with Gasteiger partial charge in [-0.05, 0) is 25.7 Å². The summed E-state index contributed by atoms with van der Waals surface area (Å²) in [6, 6.07) is -0.546. The van der Waals surface area contributed by atoms with Crippen LogP contribution < -0.4 is 5.32 Å². The van der Waals surface area contributed by atoms with Gasteiger partial charge in [-0.2, -0.15) is 0 Å². The molecule has 3 N–H and O–H groups in total. The fourth-order valence-electron chi connectivity index (χ4n) is 10.1. The highest BCUT2D eigenvalue weighted by Crippen LogP contribution is 2.19. The smallest absolute Gasteiger partial charge is 0.305 e. The van der Waals surface area contributed by atoms with E-state index in [1.54, 1.807) is 0 Å². The molecule has 406 valence electrons. The quantitative estimate of drug-likeness (QED) is 0.0417. The summed E-state index contributed by atoms with van der Waals surface area (Å²) in [5, 5.41) is 23.3. The van der Waals surface area contributed by atoms with Gasteiger partial charge in [0.1, 0.15) is 0 Å². The third-order valence-corrected chi connectivity index (χ3v) is 14.9. The molecule has 0 aromatic carbocycles. The number of esters is 1. The minimum atomic E-state index is -0.668. The maximum absolute atomic E-state index is 12.5. The van der Waals surface area contributed by atoms with E-state index in [-0.39, 0.29) is 18.5 Å². The van der Waals surface area contributed by atoms with E-state index < -0.39 is 12.1 Å². The first kappa shape index (κ1) is 66.9. The third kappa shape index (κ3) is 54.2. The number of aliphatic hydroxyl groups excluding tert-OH is 2. The van der Waals surface area contributed by atoms with E-state index in [4.69, 9.17) is 4.74 Å². The lowest BCUT2D eigenvalue weighted by Gasteiger charge is -2.22. The van der Waals surface area contributed by atoms with Crippen LogP contribution in [0.5, 0.6) is 0 Å². The summed E-state index contributed by atoms with van der Waals surface area (Å²) in [7, 11) is 0. The highest BCUT2D eigenvalue weighted by atomic mass is 16.5. The molecule has 0 spiro atoms. The van der Waals surface area contributed by atoms with Crippen molar-refractivity contribution in [3.8, 4) is 0 Å². The second-order valence-corrected chi connectivity index (χ2v) is 21.8. The Kier molecular flexibility index (Phi) is 57.5. The van der Waals surface area contributed by atoms with Crippen molar-refractivity contribution in [2.45, 2.75) is 373 Å². The molecule has 0 rings (SSSR count). The molecule has 0 radical (unpaired) electrons. The van der Waals surface area contributed by atoms with Crippen LogP contribution in [0, 0.1) is 0 Å². The second kappa shape index (κ2) is 58.4. The Hall–Kier alpha value is -1.14. The Morgan fingerprint density at radius 2 is 0.603 bits per heavy atom. The van der Waals surface area contributed by atoms with Crippen LogP contribution in [0.25, 0.3) is 0 Å². The van der Waals surface area contributed by atoms with Gasteiger partial charge in [0, 0.05) is 12.8 Å². The maximum atomic E-state index is 12.5. The van der Waals surface area contributed by atoms with Crippen molar-refractivity contribution in [2.24, 2.45) is 0 Å². The molecule has 0 heterocycles. The van der Waals surface area contributed by atoms with Gasteiger partial charge in [0.15, 0.2) is 0 Å². The summed E-state index contributed by atoms with van der Waals surface area (Å²) in [5.74, 6) is -0.0290. The lowest BCUT2D eigenvalue weighted by atomic mass is 10.0. The Bertz CT molecular complexity index is 975. The molecule has 0 saturated carbocycles. The highest BCUT2D eigenvalue weighted by Gasteiger charge is 2.20. The van der Waals surface area contributed by atoms with Crippen LogP contribution in [0.15, 0.2) is 0 Å². The Morgan fingerprint density at radius 1 is 0.353 bits per heavy atom. The molecule has 0 fully saturated rings. The maximum Gasteiger partial charge on any atom is 0.305 e. The molecule has 6 heteroatoms. The van der Waals surface area contributed by atoms with Gasteiger partial charge in [0.2, 0.25) is 5.91 Å². The Labute approximate surface area is 426 Å². The van der Waals surface area contributed by atoms with Crippen molar-refractivity contribution in [1.82, 2.24) is 5.32 Å². The van der Waals surface area contributed by atoms with Crippen LogP contribution in [0.2, 0.25) is 0 Å². The molecular weight excluding hydrogens is 839 g/mol. The second-order valence-electron chi connectivity index (χ2n) is 21.8. The summed E-state index contributed by atoms with van der Waals surface area (Å²) in [6.45, 7) is 4.98. The van der Waals surface area contributed by atoms with Crippen molar-refractivity contribution in [2.75, 3.05) is 13.2 Å². The number of unbranched alkanes of at least 4 members (excludes halogenated alkanes) is 48. The molecule has 1 amide bonds. The molecule has 0 aromatic rings. The van der Waals surface area contributed by atoms with E-state index in [1.807, 2.05) is 0 Å². The average molecular weight is 963 g/mol. The van der Waals surface area contributed by atoms with Crippen LogP contribution in [0.1, 0.15) is 361 Å². The molecule has 2 atom stereocenters. The standard InChI is InChI=1S/C62H123NO5/c1-3-5-7-9-11-13-15-17-19-21-23-26-30-34-38-42-46-50-54-60(65)59(58-64)63-61(66)55-51-47-43-39-35-31-27-24-25-29-33-37-41-45-49-53-57-68-62(67)56-52-48-44-40-36-32-28-22-20-18-16-14-12-10-8-6-4-2/h59-60,64-65H,3-58H2,1-2H3,(H,63,66). The fourth-order valence-corrected chi connectivity index (χ4v) is 10.1. The van der Waals surface area contributed by atoms with Gasteiger partial charge in [-0.1, -0.05) is 322 Å². The van der Waals surface area contributed by atoms with Gasteiger partial charge in [-0.15, -0.1) is 0 Å². The first-order valence-corrected chi connectivity index (χ1v) is 31.3. The van der Waals surface area contributed by atoms with Crippen LogP contribution >= 0.6 is 0 Å². The van der Waals surface area contributed by atoms with Gasteiger partial charge in [0.25, 0.3) is 0 Å². The molecule has 6 nitrogen and oxygen atoms in total. The normalized spacial score (nSPS) is 12.5. The SMILES string of the molecule is CCCCCCCCCCCCCCCCCCCCC(O)C(CO)NC(=O)CCCCCCCCCCCCCCCCCCOC(=O)CCCCCCCCCCCCCCCCCCC. The van der Waals surface area contributed by atoms with E-state index in [0.717, 1.165) is 38.5 Å². The van der Waals surface area contributed by atoms with Gasteiger partial charge in [0.05, 0.1) is 25.4 Å². The number of aliphatic hydroxyl groups is 2. The molecule has 0 aliphatic carbocycles. The van der Waals surface area contributed by atoms with E-state index in [0.29, 0.717) is 25.9 Å². The van der Waals surface area contributed by atoms with Crippen molar-refractivity contribution < 1.29 is 24.5 Å². The van der Waals surface area contributed by atoms with E-state index >= 15 is 0 Å². The molecule has 0 saturated heterocycles. The molecule has 0 aliphatic heterocycles. The van der Waals surface area contributed by atoms with Crippen molar-refractivity contribution >= 4 is 11.9 Å². The summed E-state index contributed by atoms with van der Waals surface area (Å²) in [4.78, 5) is 24.6. The first-order chi connectivity index (χ1) is 33.5. The zero-order chi connectivity index (χ0) is 49.3. The topological polar surface area (TPSA) is 95.9 Å². The minimum Gasteiger partial charge on any atom is -0.466 e. The minimum absolute atomic E-state index is 0.00849. The fraction of sp³-hybridized carbons (Fsp3) is 0.968. The van der Waals surface area contributed by atoms with Crippen molar-refractivity contribution in [1.29, 1.82) is 0 Å². The number of hydrogen-bond donors (Lipinski definition) is 3. The van der Waals surface area contributed by atoms with Gasteiger partial charge >= 0.3 is 5.97 Å². The van der Waals surface area contributed by atoms with E-state index in [2.05, 4.69) is 19.2 Å². The lowest BCUT2D eigenvalue weighted by Crippen LogP contribution is -2.45. The Balaban J connectivity index is 3.39. The molecule has 2 unspecified atom stereocenters. The summed E-state index contributed by atoms with van der Waals surface area (Å²) in [5.41, 5.74) is 0. The zero-order valence-corrected chi connectivity index (χ0v) is 46.4. The molecule has 0 bridgehead atoms. The van der Waals surface area contributed by atoms with Crippen LogP contribution in [0.3, 0.4) is 0 Å². The molecule has 0 aromatic heterocycles. The van der Waals surface area contributed by atoms with Gasteiger partial charge in [-0.25, -0.2) is 0 Å². The first-order valence-electron chi connectivity index (χ1n) is 31.3. The molecular formula is C62H123NO5. The highest BCUT2D eigenvalue weighted by molar-refractivity contribution is 5.76. The van der Waals surface area contributed by atoms with E-state index in [9.17, 15) is 19.8 Å². The predicted molar refractivity (Wildman–Crippen MR) is 297 cm³/mol. The van der Waals surface area contributed by atoms with E-state index in [1.165, 1.54) is 289 Å². The number of hydrogen-bond acceptors (Lipinski definition) is 5. The number of carbonyl (C=O) groups is 2. The van der Waals surface area contributed by atoms with Crippen LogP contribution in [-0.2, 0) is 14.3 Å². The largest absolute Gasteiger partial charge is 0.466 e. The van der Waals surface area contributed by atoms with Crippen molar-refractivity contribution in [3.05, 3.63) is 0 Å². The molecule has 68 heavy (non-hydrogen) atoms. The summed E-state index contributed by atoms with van der Waals surface area (Å²) >= 11 is 0. The van der Waals surface area contributed by atoms with Gasteiger partial charge in [-0.3, -0.25) is 9.59 Å². The zero-order valence-electron chi connectivity index (χ0n) is 46.4. The number of rotatable bonds is 59. The summed E-state index contributed by atoms with van der Waals surface area (Å²) in [6.07, 6.45) is 68.2. The number of ether oxygens (including phenoxy) is 1. The molecule has 0 aliphatic rings. The predicted octanol–water partition coefficient (Wildman–Crippen LogP) is 19.5. The number of carbonyl (C=O) groups excluding carboxylic acids is 2. The van der Waals surface area contributed by atoms with Crippen LogP contribution in [-0.4, -0.2) is 47.4 Å².